The normalized spacial score (nSPS) is 11.1. The fraction of sp³-hybridized carbons (Fsp3) is 0.133. The summed E-state index contributed by atoms with van der Waals surface area (Å²) in [6.45, 7) is -0.399. The molecule has 2 aromatic carbocycles. The van der Waals surface area contributed by atoms with Crippen molar-refractivity contribution in [3.8, 4) is 0 Å². The lowest BCUT2D eigenvalue weighted by molar-refractivity contribution is -0.387. The Morgan fingerprint density at radius 2 is 1.88 bits per heavy atom. The van der Waals surface area contributed by atoms with E-state index in [-0.39, 0.29) is 10.7 Å². The molecule has 0 aliphatic heterocycles. The third-order valence-electron chi connectivity index (χ3n) is 3.25. The number of anilines is 1. The number of nitrogens with zero attached hydrogens (tertiary/aromatic N) is 2. The Balaban J connectivity index is 2.60. The molecular weight excluding hydrogens is 372 g/mol. The van der Waals surface area contributed by atoms with Gasteiger partial charge in [0.25, 0.3) is 15.7 Å². The maximum atomic E-state index is 13.0. The third kappa shape index (κ3) is 4.25. The van der Waals surface area contributed by atoms with Crippen molar-refractivity contribution in [1.82, 2.24) is 0 Å². The van der Waals surface area contributed by atoms with Gasteiger partial charge in [-0.3, -0.25) is 19.2 Å². The number of nitro groups is 1. The first kappa shape index (κ1) is 18.7. The second-order valence-corrected chi connectivity index (χ2v) is 7.19. The maximum absolute atomic E-state index is 13.0. The molecule has 0 fully saturated rings. The van der Waals surface area contributed by atoms with Gasteiger partial charge in [0.1, 0.15) is 0 Å². The molecule has 0 heterocycles. The quantitative estimate of drug-likeness (QED) is 0.579. The average molecular weight is 385 g/mol. The Morgan fingerprint density at radius 3 is 2.48 bits per heavy atom. The average Bonchev–Trinajstić information content (AvgIpc) is 2.54. The summed E-state index contributed by atoms with van der Waals surface area (Å²) >= 11 is 5.88. The Bertz CT molecular complexity index is 916. The molecule has 2 aromatic rings. The Hall–Kier alpha value is -2.65. The number of halogens is 1. The Kier molecular flexibility index (Phi) is 5.60. The van der Waals surface area contributed by atoms with Gasteiger partial charge in [0, 0.05) is 17.6 Å². The summed E-state index contributed by atoms with van der Waals surface area (Å²) in [5.41, 5.74) is -0.475. The highest BCUT2D eigenvalue weighted by Gasteiger charge is 2.32. The molecule has 10 heteroatoms. The van der Waals surface area contributed by atoms with E-state index in [9.17, 15) is 23.3 Å². The van der Waals surface area contributed by atoms with E-state index >= 15 is 0 Å². The molecule has 0 amide bonds. The van der Waals surface area contributed by atoms with E-state index < -0.39 is 44.5 Å². The third-order valence-corrected chi connectivity index (χ3v) is 5.36. The Morgan fingerprint density at radius 1 is 1.20 bits per heavy atom. The molecule has 0 bridgehead atoms. The lowest BCUT2D eigenvalue weighted by Crippen LogP contribution is -2.33. The van der Waals surface area contributed by atoms with Crippen LogP contribution < -0.4 is 4.31 Å². The number of carboxylic acid groups (broad SMARTS) is 1. The number of rotatable bonds is 7. The molecule has 2 rings (SSSR count). The number of carboxylic acids is 1. The monoisotopic (exact) mass is 384 g/mol. The summed E-state index contributed by atoms with van der Waals surface area (Å²) in [6, 6.07) is 10.7. The molecule has 0 saturated carbocycles. The highest BCUT2D eigenvalue weighted by atomic mass is 35.5. The Labute approximate surface area is 148 Å². The van der Waals surface area contributed by atoms with Crippen LogP contribution in [0.5, 0.6) is 0 Å². The minimum Gasteiger partial charge on any atom is -0.481 e. The van der Waals surface area contributed by atoms with Gasteiger partial charge in [-0.05, 0) is 24.3 Å². The molecule has 1 N–H and O–H groups in total. The van der Waals surface area contributed by atoms with Crippen LogP contribution in [0.2, 0.25) is 5.02 Å². The lowest BCUT2D eigenvalue weighted by Gasteiger charge is -2.24. The van der Waals surface area contributed by atoms with Crippen LogP contribution in [0.3, 0.4) is 0 Å². The summed E-state index contributed by atoms with van der Waals surface area (Å²) in [6.07, 6.45) is -0.480. The van der Waals surface area contributed by atoms with Gasteiger partial charge in [-0.15, -0.1) is 0 Å². The summed E-state index contributed by atoms with van der Waals surface area (Å²) in [7, 11) is -4.37. The largest absolute Gasteiger partial charge is 0.481 e. The number of nitro benzene ring substituents is 1. The second kappa shape index (κ2) is 7.49. The molecule has 0 aromatic heterocycles. The minimum atomic E-state index is -4.37. The van der Waals surface area contributed by atoms with E-state index in [2.05, 4.69) is 0 Å². The molecule has 8 nitrogen and oxygen atoms in total. The fourth-order valence-electron chi connectivity index (χ4n) is 2.16. The highest BCUT2D eigenvalue weighted by Crippen LogP contribution is 2.31. The van der Waals surface area contributed by atoms with Crippen LogP contribution in [0.25, 0.3) is 0 Å². The number of benzene rings is 2. The van der Waals surface area contributed by atoms with Crippen LogP contribution in [0.15, 0.2) is 53.4 Å². The van der Waals surface area contributed by atoms with Gasteiger partial charge in [0.2, 0.25) is 0 Å². The smallest absolute Gasteiger partial charge is 0.305 e. The standard InChI is InChI=1S/C15H13ClN2O6S/c16-11-4-3-5-12(10-11)17(9-8-15(19)20)25(23,24)14-7-2-1-6-13(14)18(21)22/h1-7,10H,8-9H2,(H,19,20). The van der Waals surface area contributed by atoms with Gasteiger partial charge in [-0.25, -0.2) is 8.42 Å². The number of aliphatic carboxylic acids is 1. The highest BCUT2D eigenvalue weighted by molar-refractivity contribution is 7.93. The second-order valence-electron chi connectivity index (χ2n) is 4.93. The van der Waals surface area contributed by atoms with Crippen molar-refractivity contribution in [1.29, 1.82) is 0 Å². The number of para-hydroxylation sites is 1. The van der Waals surface area contributed by atoms with E-state index in [1.807, 2.05) is 0 Å². The van der Waals surface area contributed by atoms with Gasteiger partial charge >= 0.3 is 5.97 Å². The van der Waals surface area contributed by atoms with Gasteiger partial charge in [-0.2, -0.15) is 0 Å². The van der Waals surface area contributed by atoms with Crippen LogP contribution in [0, 0.1) is 10.1 Å². The first-order valence-electron chi connectivity index (χ1n) is 6.97. The summed E-state index contributed by atoms with van der Waals surface area (Å²) in [5.74, 6) is -1.20. The van der Waals surface area contributed by atoms with E-state index in [0.29, 0.717) is 0 Å². The van der Waals surface area contributed by atoms with Gasteiger partial charge in [-0.1, -0.05) is 29.8 Å². The fourth-order valence-corrected chi connectivity index (χ4v) is 3.96. The van der Waals surface area contributed by atoms with Crippen LogP contribution >= 0.6 is 11.6 Å². The molecule has 0 unspecified atom stereocenters. The van der Waals surface area contributed by atoms with Crippen molar-refractivity contribution < 1.29 is 23.2 Å². The summed E-state index contributed by atoms with van der Waals surface area (Å²) in [4.78, 5) is 20.7. The summed E-state index contributed by atoms with van der Waals surface area (Å²) < 4.78 is 26.7. The van der Waals surface area contributed by atoms with Crippen molar-refractivity contribution >= 4 is 39.0 Å². The lowest BCUT2D eigenvalue weighted by atomic mass is 10.3. The van der Waals surface area contributed by atoms with Crippen LogP contribution in [-0.4, -0.2) is 31.0 Å². The molecule has 0 aliphatic carbocycles. The molecule has 132 valence electrons. The minimum absolute atomic E-state index is 0.118. The zero-order valence-electron chi connectivity index (χ0n) is 12.7. The maximum Gasteiger partial charge on any atom is 0.305 e. The van der Waals surface area contributed by atoms with E-state index in [0.717, 1.165) is 16.4 Å². The van der Waals surface area contributed by atoms with Crippen LogP contribution in [-0.2, 0) is 14.8 Å². The van der Waals surface area contributed by atoms with Crippen molar-refractivity contribution in [2.75, 3.05) is 10.8 Å². The molecule has 0 aliphatic rings. The number of carbonyl (C=O) groups is 1. The number of hydrogen-bond donors (Lipinski definition) is 1. The SMILES string of the molecule is O=C(O)CCN(c1cccc(Cl)c1)S(=O)(=O)c1ccccc1[N+](=O)[O-]. The topological polar surface area (TPSA) is 118 Å². The molecule has 0 radical (unpaired) electrons. The molecule has 0 atom stereocenters. The number of sulfonamides is 1. The molecule has 0 spiro atoms. The summed E-state index contributed by atoms with van der Waals surface area (Å²) in [5, 5.41) is 20.3. The number of hydrogen-bond acceptors (Lipinski definition) is 5. The van der Waals surface area contributed by atoms with Crippen LogP contribution in [0.1, 0.15) is 6.42 Å². The molecular formula is C15H13ClN2O6S. The molecule has 0 saturated heterocycles. The van der Waals surface area contributed by atoms with Crippen LogP contribution in [0.4, 0.5) is 11.4 Å². The van der Waals surface area contributed by atoms with Crippen molar-refractivity contribution in [2.45, 2.75) is 11.3 Å². The van der Waals surface area contributed by atoms with Crippen molar-refractivity contribution in [3.05, 3.63) is 63.7 Å². The van der Waals surface area contributed by atoms with Gasteiger partial charge in [0.15, 0.2) is 4.90 Å². The zero-order chi connectivity index (χ0) is 18.6. The van der Waals surface area contributed by atoms with E-state index in [1.165, 1.54) is 36.4 Å². The predicted octanol–water partition coefficient (Wildman–Crippen LogP) is 2.92. The van der Waals surface area contributed by atoms with Gasteiger partial charge in [0.05, 0.1) is 17.0 Å². The van der Waals surface area contributed by atoms with Crippen molar-refractivity contribution in [2.24, 2.45) is 0 Å². The van der Waals surface area contributed by atoms with E-state index in [4.69, 9.17) is 16.7 Å². The van der Waals surface area contributed by atoms with Gasteiger partial charge < -0.3 is 5.11 Å². The van der Waals surface area contributed by atoms with Crippen molar-refractivity contribution in [3.63, 3.8) is 0 Å². The predicted molar refractivity (Wildman–Crippen MR) is 91.3 cm³/mol. The zero-order valence-corrected chi connectivity index (χ0v) is 14.3. The first-order valence-corrected chi connectivity index (χ1v) is 8.79. The first-order chi connectivity index (χ1) is 11.7. The van der Waals surface area contributed by atoms with E-state index in [1.54, 1.807) is 0 Å². The molecule has 25 heavy (non-hydrogen) atoms.